The lowest BCUT2D eigenvalue weighted by Crippen LogP contribution is -2.39. The van der Waals surface area contributed by atoms with Crippen molar-refractivity contribution in [3.8, 4) is 0 Å². The first-order valence-electron chi connectivity index (χ1n) is 9.41. The Balaban J connectivity index is 1.61. The number of nitrogens with zero attached hydrogens (tertiary/aromatic N) is 4. The van der Waals surface area contributed by atoms with Gasteiger partial charge in [0.1, 0.15) is 5.82 Å². The van der Waals surface area contributed by atoms with Crippen LogP contribution in [-0.4, -0.2) is 32.2 Å². The van der Waals surface area contributed by atoms with Crippen LogP contribution in [-0.2, 0) is 11.3 Å². The van der Waals surface area contributed by atoms with Crippen LogP contribution in [0.3, 0.4) is 0 Å². The van der Waals surface area contributed by atoms with Gasteiger partial charge < -0.3 is 9.47 Å². The van der Waals surface area contributed by atoms with Gasteiger partial charge in [-0.15, -0.1) is 28.5 Å². The van der Waals surface area contributed by atoms with Crippen LogP contribution >= 0.6 is 23.5 Å². The molecule has 0 N–H and O–H groups in total. The standard InChI is InChI=1S/C22H22N4OS2/c1-3-13-25-16(2)23-24-22(25)29-15-21(27)26-18-11-7-8-12-20(18)28-14-19(26)17-9-5-4-6-10-17/h3-12,19H,1,13-15H2,2H3/t19-/m0/s1. The number of hydrogen-bond donors (Lipinski definition) is 0. The summed E-state index contributed by atoms with van der Waals surface area (Å²) >= 11 is 3.23. The number of carbonyl (C=O) groups excluding carboxylic acids is 1. The highest BCUT2D eigenvalue weighted by molar-refractivity contribution is 8.00. The average molecular weight is 423 g/mol. The highest BCUT2D eigenvalue weighted by Crippen LogP contribution is 2.43. The maximum absolute atomic E-state index is 13.4. The highest BCUT2D eigenvalue weighted by atomic mass is 32.2. The van der Waals surface area contributed by atoms with Crippen LogP contribution in [0, 0.1) is 6.92 Å². The molecule has 0 bridgehead atoms. The van der Waals surface area contributed by atoms with Crippen molar-refractivity contribution in [1.29, 1.82) is 0 Å². The molecule has 0 saturated carbocycles. The molecule has 1 aliphatic rings. The molecule has 3 aromatic rings. The molecule has 0 aliphatic carbocycles. The maximum atomic E-state index is 13.4. The first-order valence-corrected chi connectivity index (χ1v) is 11.4. The van der Waals surface area contributed by atoms with Crippen LogP contribution in [0.4, 0.5) is 5.69 Å². The number of para-hydroxylation sites is 1. The Kier molecular flexibility index (Phi) is 6.06. The molecule has 0 saturated heterocycles. The van der Waals surface area contributed by atoms with Gasteiger partial charge in [-0.25, -0.2) is 0 Å². The SMILES string of the molecule is C=CCn1c(C)nnc1SCC(=O)N1c2ccccc2SC[C@H]1c1ccccc1. The molecule has 2 aromatic carbocycles. The van der Waals surface area contributed by atoms with Crippen molar-refractivity contribution < 1.29 is 4.79 Å². The van der Waals surface area contributed by atoms with Gasteiger partial charge in [-0.2, -0.15) is 0 Å². The summed E-state index contributed by atoms with van der Waals surface area (Å²) in [5.41, 5.74) is 2.13. The summed E-state index contributed by atoms with van der Waals surface area (Å²) in [5, 5.41) is 9.11. The molecule has 5 nitrogen and oxygen atoms in total. The zero-order valence-electron chi connectivity index (χ0n) is 16.2. The molecule has 1 aliphatic heterocycles. The summed E-state index contributed by atoms with van der Waals surface area (Å²) in [6.07, 6.45) is 1.81. The third kappa shape index (κ3) is 4.11. The van der Waals surface area contributed by atoms with E-state index < -0.39 is 0 Å². The number of thioether (sulfide) groups is 2. The normalized spacial score (nSPS) is 15.8. The van der Waals surface area contributed by atoms with E-state index in [9.17, 15) is 4.79 Å². The van der Waals surface area contributed by atoms with Crippen molar-refractivity contribution in [2.24, 2.45) is 0 Å². The largest absolute Gasteiger partial charge is 0.302 e. The van der Waals surface area contributed by atoms with E-state index >= 15 is 0 Å². The number of anilines is 1. The summed E-state index contributed by atoms with van der Waals surface area (Å²) < 4.78 is 1.97. The number of fused-ring (bicyclic) bond motifs is 1. The van der Waals surface area contributed by atoms with Crippen molar-refractivity contribution in [2.75, 3.05) is 16.4 Å². The molecule has 0 fully saturated rings. The smallest absolute Gasteiger partial charge is 0.238 e. The minimum Gasteiger partial charge on any atom is -0.302 e. The Morgan fingerprint density at radius 3 is 2.76 bits per heavy atom. The van der Waals surface area contributed by atoms with Crippen LogP contribution in [0.15, 0.2) is 77.3 Å². The number of aryl methyl sites for hydroxylation is 1. The van der Waals surface area contributed by atoms with Gasteiger partial charge in [0.15, 0.2) is 5.16 Å². The van der Waals surface area contributed by atoms with Crippen LogP contribution in [0.5, 0.6) is 0 Å². The lowest BCUT2D eigenvalue weighted by molar-refractivity contribution is -0.116. The fourth-order valence-corrected chi connectivity index (χ4v) is 5.44. The molecule has 1 atom stereocenters. The van der Waals surface area contributed by atoms with E-state index in [2.05, 4.69) is 35.0 Å². The fourth-order valence-electron chi connectivity index (χ4n) is 3.42. The first kappa shape index (κ1) is 19.8. The Morgan fingerprint density at radius 2 is 1.97 bits per heavy atom. The summed E-state index contributed by atoms with van der Waals surface area (Å²) in [5.74, 6) is 2.03. The lowest BCUT2D eigenvalue weighted by atomic mass is 10.1. The number of hydrogen-bond acceptors (Lipinski definition) is 5. The van der Waals surface area contributed by atoms with Crippen molar-refractivity contribution in [1.82, 2.24) is 14.8 Å². The lowest BCUT2D eigenvalue weighted by Gasteiger charge is -2.37. The third-order valence-electron chi connectivity index (χ3n) is 4.82. The Bertz CT molecular complexity index is 1020. The van der Waals surface area contributed by atoms with Crippen LogP contribution in [0.1, 0.15) is 17.4 Å². The predicted molar refractivity (Wildman–Crippen MR) is 120 cm³/mol. The molecule has 1 aromatic heterocycles. The van der Waals surface area contributed by atoms with Crippen LogP contribution < -0.4 is 4.90 Å². The fraction of sp³-hybridized carbons (Fsp3) is 0.227. The van der Waals surface area contributed by atoms with Crippen molar-refractivity contribution in [3.63, 3.8) is 0 Å². The van der Waals surface area contributed by atoms with E-state index in [-0.39, 0.29) is 11.9 Å². The first-order chi connectivity index (χ1) is 14.2. The van der Waals surface area contributed by atoms with Gasteiger partial charge in [0.2, 0.25) is 5.91 Å². The third-order valence-corrected chi connectivity index (χ3v) is 6.91. The second-order valence-corrected chi connectivity index (χ2v) is 8.69. The molecular weight excluding hydrogens is 400 g/mol. The summed E-state index contributed by atoms with van der Waals surface area (Å²) in [6.45, 7) is 6.33. The summed E-state index contributed by atoms with van der Waals surface area (Å²) in [4.78, 5) is 16.5. The number of aromatic nitrogens is 3. The van der Waals surface area contributed by atoms with E-state index in [1.54, 1.807) is 11.8 Å². The van der Waals surface area contributed by atoms with Crippen molar-refractivity contribution in [2.45, 2.75) is 29.6 Å². The molecule has 4 rings (SSSR count). The zero-order valence-corrected chi connectivity index (χ0v) is 17.8. The quantitative estimate of drug-likeness (QED) is 0.424. The molecule has 0 unspecified atom stereocenters. The minimum atomic E-state index is 0.0111. The van der Waals surface area contributed by atoms with E-state index in [4.69, 9.17) is 0 Å². The van der Waals surface area contributed by atoms with Crippen LogP contribution in [0.2, 0.25) is 0 Å². The molecule has 7 heteroatoms. The molecule has 29 heavy (non-hydrogen) atoms. The van der Waals surface area contributed by atoms with E-state index in [1.807, 2.05) is 58.9 Å². The molecule has 2 heterocycles. The van der Waals surface area contributed by atoms with Crippen molar-refractivity contribution in [3.05, 3.63) is 78.6 Å². The van der Waals surface area contributed by atoms with Gasteiger partial charge in [0, 0.05) is 17.2 Å². The second kappa shape index (κ2) is 8.88. The molecular formula is C22H22N4OS2. The van der Waals surface area contributed by atoms with E-state index in [0.717, 1.165) is 32.9 Å². The zero-order chi connectivity index (χ0) is 20.2. The monoisotopic (exact) mass is 422 g/mol. The number of rotatable bonds is 6. The molecule has 0 radical (unpaired) electrons. The number of amides is 1. The van der Waals surface area contributed by atoms with Gasteiger partial charge in [-0.3, -0.25) is 4.79 Å². The topological polar surface area (TPSA) is 51.0 Å². The van der Waals surface area contributed by atoms with Crippen molar-refractivity contribution >= 4 is 35.1 Å². The number of carbonyl (C=O) groups is 1. The minimum absolute atomic E-state index is 0.0111. The Hall–Kier alpha value is -2.51. The summed E-state index contributed by atoms with van der Waals surface area (Å²) in [6, 6.07) is 18.4. The van der Waals surface area contributed by atoms with Gasteiger partial charge >= 0.3 is 0 Å². The Morgan fingerprint density at radius 1 is 1.21 bits per heavy atom. The highest BCUT2D eigenvalue weighted by Gasteiger charge is 2.32. The van der Waals surface area contributed by atoms with Gasteiger partial charge in [0.25, 0.3) is 0 Å². The van der Waals surface area contributed by atoms with E-state index in [0.29, 0.717) is 12.3 Å². The van der Waals surface area contributed by atoms with Gasteiger partial charge in [-0.1, -0.05) is 60.3 Å². The second-order valence-electron chi connectivity index (χ2n) is 6.69. The van der Waals surface area contributed by atoms with Crippen LogP contribution in [0.25, 0.3) is 0 Å². The van der Waals surface area contributed by atoms with E-state index in [1.165, 1.54) is 11.8 Å². The number of allylic oxidation sites excluding steroid dienone is 1. The molecule has 0 spiro atoms. The van der Waals surface area contributed by atoms with Gasteiger partial charge in [0.05, 0.1) is 17.5 Å². The predicted octanol–water partition coefficient (Wildman–Crippen LogP) is 4.74. The Labute approximate surface area is 179 Å². The molecule has 1 amide bonds. The average Bonchev–Trinajstić information content (AvgIpc) is 3.11. The number of benzene rings is 2. The van der Waals surface area contributed by atoms with Gasteiger partial charge in [-0.05, 0) is 24.6 Å². The summed E-state index contributed by atoms with van der Waals surface area (Å²) in [7, 11) is 0. The molecule has 148 valence electrons. The maximum Gasteiger partial charge on any atom is 0.238 e.